The van der Waals surface area contributed by atoms with Gasteiger partial charge >= 0.3 is 6.03 Å². The number of hydrogen-bond acceptors (Lipinski definition) is 4. The Labute approximate surface area is 164 Å². The maximum absolute atomic E-state index is 12.9. The van der Waals surface area contributed by atoms with Gasteiger partial charge in [0.2, 0.25) is 0 Å². The summed E-state index contributed by atoms with van der Waals surface area (Å²) in [5, 5.41) is 11.8. The molecular formula is C21H25N3O4. The Kier molecular flexibility index (Phi) is 5.84. The van der Waals surface area contributed by atoms with Gasteiger partial charge in [0.05, 0.1) is 13.1 Å². The van der Waals surface area contributed by atoms with E-state index < -0.39 is 5.91 Å². The average molecular weight is 383 g/mol. The van der Waals surface area contributed by atoms with Gasteiger partial charge in [-0.15, -0.1) is 0 Å². The van der Waals surface area contributed by atoms with E-state index in [1.807, 2.05) is 45.0 Å². The van der Waals surface area contributed by atoms with Crippen LogP contribution in [0.3, 0.4) is 0 Å². The largest absolute Gasteiger partial charge is 0.488 e. The van der Waals surface area contributed by atoms with Crippen LogP contribution in [0.25, 0.3) is 0 Å². The minimum absolute atomic E-state index is 0.163. The number of nitrogens with one attached hydrogen (secondary N) is 2. The van der Waals surface area contributed by atoms with E-state index in [2.05, 4.69) is 5.32 Å². The Morgan fingerprint density at radius 1 is 1.18 bits per heavy atom. The monoisotopic (exact) mass is 383 g/mol. The molecule has 1 atom stereocenters. The molecule has 0 saturated heterocycles. The number of aryl methyl sites for hydroxylation is 1. The zero-order valence-corrected chi connectivity index (χ0v) is 16.2. The first-order valence-electron chi connectivity index (χ1n) is 9.24. The van der Waals surface area contributed by atoms with Crippen molar-refractivity contribution in [3.05, 3.63) is 59.2 Å². The van der Waals surface area contributed by atoms with Crippen LogP contribution in [0.15, 0.2) is 42.5 Å². The number of carbonyl (C=O) groups excluding carboxylic acids is 2. The number of fused-ring (bicyclic) bond motifs is 1. The fourth-order valence-corrected chi connectivity index (χ4v) is 3.03. The van der Waals surface area contributed by atoms with E-state index in [-0.39, 0.29) is 18.1 Å². The molecule has 2 aromatic rings. The van der Waals surface area contributed by atoms with Gasteiger partial charge in [0, 0.05) is 16.8 Å². The van der Waals surface area contributed by atoms with Crippen molar-refractivity contribution in [1.82, 2.24) is 10.4 Å². The van der Waals surface area contributed by atoms with Crippen LogP contribution in [0, 0.1) is 12.8 Å². The number of benzene rings is 2. The molecule has 28 heavy (non-hydrogen) atoms. The van der Waals surface area contributed by atoms with E-state index in [1.54, 1.807) is 28.6 Å². The van der Waals surface area contributed by atoms with E-state index in [4.69, 9.17) is 9.94 Å². The summed E-state index contributed by atoms with van der Waals surface area (Å²) in [6, 6.07) is 12.4. The van der Waals surface area contributed by atoms with E-state index >= 15 is 0 Å². The predicted octanol–water partition coefficient (Wildman–Crippen LogP) is 3.57. The molecule has 1 aliphatic heterocycles. The molecule has 0 radical (unpaired) electrons. The van der Waals surface area contributed by atoms with Crippen LogP contribution in [0.4, 0.5) is 10.5 Å². The minimum atomic E-state index is -0.606. The first-order chi connectivity index (χ1) is 13.4. The molecule has 0 aromatic heterocycles. The molecule has 0 saturated carbocycles. The van der Waals surface area contributed by atoms with Crippen LogP contribution in [0.1, 0.15) is 35.3 Å². The fraction of sp³-hybridized carbons (Fsp3) is 0.333. The zero-order chi connectivity index (χ0) is 20.3. The van der Waals surface area contributed by atoms with Gasteiger partial charge in [0.1, 0.15) is 11.9 Å². The number of amides is 3. The molecule has 7 nitrogen and oxygen atoms in total. The van der Waals surface area contributed by atoms with Crippen molar-refractivity contribution in [2.24, 2.45) is 5.92 Å². The topological polar surface area (TPSA) is 90.9 Å². The van der Waals surface area contributed by atoms with Gasteiger partial charge < -0.3 is 15.0 Å². The maximum atomic E-state index is 12.9. The van der Waals surface area contributed by atoms with Gasteiger partial charge in [-0.05, 0) is 37.1 Å². The average Bonchev–Trinajstić information content (AvgIpc) is 2.88. The molecule has 1 heterocycles. The predicted molar refractivity (Wildman–Crippen MR) is 106 cm³/mol. The summed E-state index contributed by atoms with van der Waals surface area (Å²) in [5.74, 6) is 0.104. The van der Waals surface area contributed by atoms with Crippen molar-refractivity contribution in [2.45, 2.75) is 33.4 Å². The van der Waals surface area contributed by atoms with E-state index in [1.165, 1.54) is 0 Å². The number of anilines is 1. The van der Waals surface area contributed by atoms with Crippen LogP contribution >= 0.6 is 0 Å². The third-order valence-electron chi connectivity index (χ3n) is 4.80. The first kappa shape index (κ1) is 19.7. The van der Waals surface area contributed by atoms with Gasteiger partial charge in [-0.25, -0.2) is 10.3 Å². The van der Waals surface area contributed by atoms with E-state index in [9.17, 15) is 9.59 Å². The zero-order valence-electron chi connectivity index (χ0n) is 16.2. The molecule has 0 bridgehead atoms. The molecule has 0 fully saturated rings. The molecule has 3 rings (SSSR count). The minimum Gasteiger partial charge on any atom is -0.488 e. The number of ether oxygens (including phenoxy) is 1. The lowest BCUT2D eigenvalue weighted by molar-refractivity contribution is 0.0705. The van der Waals surface area contributed by atoms with Crippen molar-refractivity contribution in [1.29, 1.82) is 0 Å². The summed E-state index contributed by atoms with van der Waals surface area (Å²) in [4.78, 5) is 26.3. The van der Waals surface area contributed by atoms with Crippen LogP contribution < -0.4 is 15.5 Å². The summed E-state index contributed by atoms with van der Waals surface area (Å²) >= 11 is 0. The highest BCUT2D eigenvalue weighted by Crippen LogP contribution is 2.29. The first-order valence-corrected chi connectivity index (χ1v) is 9.24. The van der Waals surface area contributed by atoms with Crippen LogP contribution in [-0.4, -0.2) is 34.7 Å². The molecule has 3 amide bonds. The lowest BCUT2D eigenvalue weighted by Gasteiger charge is -2.26. The normalized spacial score (nSPS) is 16.0. The molecule has 148 valence electrons. The Morgan fingerprint density at radius 2 is 1.89 bits per heavy atom. The second-order valence-corrected chi connectivity index (χ2v) is 7.34. The second-order valence-electron chi connectivity index (χ2n) is 7.34. The Balaban J connectivity index is 1.85. The quantitative estimate of drug-likeness (QED) is 0.558. The van der Waals surface area contributed by atoms with E-state index in [0.717, 1.165) is 16.8 Å². The van der Waals surface area contributed by atoms with Crippen molar-refractivity contribution in [2.75, 3.05) is 11.9 Å². The molecule has 7 heteroatoms. The highest BCUT2D eigenvalue weighted by Gasteiger charge is 2.28. The lowest BCUT2D eigenvalue weighted by Crippen LogP contribution is -2.41. The number of hydroxylamine groups is 1. The van der Waals surface area contributed by atoms with Crippen molar-refractivity contribution in [3.8, 4) is 5.75 Å². The Bertz CT molecular complexity index is 864. The summed E-state index contributed by atoms with van der Waals surface area (Å²) in [6.45, 7) is 6.82. The highest BCUT2D eigenvalue weighted by atomic mass is 16.5. The summed E-state index contributed by atoms with van der Waals surface area (Å²) < 4.78 is 6.12. The van der Waals surface area contributed by atoms with E-state index in [0.29, 0.717) is 24.4 Å². The highest BCUT2D eigenvalue weighted by molar-refractivity contribution is 5.94. The number of carbonyl (C=O) groups is 2. The summed E-state index contributed by atoms with van der Waals surface area (Å²) in [6.07, 6.45) is -0.225. The summed E-state index contributed by atoms with van der Waals surface area (Å²) in [5.41, 5.74) is 4.58. The van der Waals surface area contributed by atoms with Crippen molar-refractivity contribution < 1.29 is 19.5 Å². The molecule has 3 N–H and O–H groups in total. The lowest BCUT2D eigenvalue weighted by atomic mass is 10.1. The molecule has 2 aromatic carbocycles. The van der Waals surface area contributed by atoms with Crippen LogP contribution in [-0.2, 0) is 6.54 Å². The molecular weight excluding hydrogens is 358 g/mol. The standard InChI is InChI=1S/C21H25N3O4/c1-13(2)19-12-24(21(26)22-17-8-4-14(3)5-9-17)11-16-7-6-15(20(25)23-27)10-18(16)28-19/h4-10,13,19,27H,11-12H2,1-3H3,(H,22,26)(H,23,25)/t19-/m0/s1. The van der Waals surface area contributed by atoms with Crippen molar-refractivity contribution >= 4 is 17.6 Å². The number of nitrogens with zero attached hydrogens (tertiary/aromatic N) is 1. The number of rotatable bonds is 3. The Morgan fingerprint density at radius 3 is 2.54 bits per heavy atom. The molecule has 1 aliphatic rings. The second kappa shape index (κ2) is 8.31. The number of hydrogen-bond donors (Lipinski definition) is 3. The van der Waals surface area contributed by atoms with Gasteiger partial charge in [-0.1, -0.05) is 37.6 Å². The van der Waals surface area contributed by atoms with Gasteiger partial charge in [-0.3, -0.25) is 10.0 Å². The van der Waals surface area contributed by atoms with Crippen molar-refractivity contribution in [3.63, 3.8) is 0 Å². The fourth-order valence-electron chi connectivity index (χ4n) is 3.03. The van der Waals surface area contributed by atoms with Crippen LogP contribution in [0.5, 0.6) is 5.75 Å². The molecule has 0 unspecified atom stereocenters. The van der Waals surface area contributed by atoms with Crippen LogP contribution in [0.2, 0.25) is 0 Å². The maximum Gasteiger partial charge on any atom is 0.322 e. The van der Waals surface area contributed by atoms with Gasteiger partial charge in [0.15, 0.2) is 0 Å². The summed E-state index contributed by atoms with van der Waals surface area (Å²) in [7, 11) is 0. The number of urea groups is 1. The third kappa shape index (κ3) is 4.43. The Hall–Kier alpha value is -3.06. The molecule has 0 spiro atoms. The third-order valence-corrected chi connectivity index (χ3v) is 4.80. The smallest absolute Gasteiger partial charge is 0.322 e. The molecule has 0 aliphatic carbocycles. The van der Waals surface area contributed by atoms with Gasteiger partial charge in [-0.2, -0.15) is 0 Å². The van der Waals surface area contributed by atoms with Gasteiger partial charge in [0.25, 0.3) is 5.91 Å². The SMILES string of the molecule is Cc1ccc(NC(=O)N2Cc3ccc(C(=O)NO)cc3O[C@H](C(C)C)C2)cc1.